The number of nitrogens with two attached hydrogens (primary N) is 3. The Hall–Kier alpha value is -6.61. The van der Waals surface area contributed by atoms with Crippen LogP contribution in [0.1, 0.15) is 82.8 Å². The van der Waals surface area contributed by atoms with E-state index in [-0.39, 0.29) is 50.6 Å². The first kappa shape index (κ1) is 53.0. The first-order chi connectivity index (χ1) is 32.1. The van der Waals surface area contributed by atoms with Gasteiger partial charge in [0.2, 0.25) is 41.4 Å². The topological polar surface area (TPSA) is 335 Å². The summed E-state index contributed by atoms with van der Waals surface area (Å²) in [5.41, 5.74) is 18.3. The normalized spacial score (nSPS) is 18.2. The quantitative estimate of drug-likeness (QED) is 0.0289. The van der Waals surface area contributed by atoms with E-state index in [1.807, 2.05) is 6.92 Å². The summed E-state index contributed by atoms with van der Waals surface area (Å²) in [6.07, 6.45) is 4.19. The van der Waals surface area contributed by atoms with Gasteiger partial charge in [0.1, 0.15) is 42.3 Å². The minimum atomic E-state index is -1.38. The lowest BCUT2D eigenvalue weighted by atomic mass is 10.0. The third kappa shape index (κ3) is 17.0. The van der Waals surface area contributed by atoms with Gasteiger partial charge >= 0.3 is 5.97 Å². The molecule has 2 aromatic carbocycles. The number of hydrogen-bond donors (Lipinski definition) is 11. The molecule has 366 valence electrons. The molecule has 0 saturated carbocycles. The van der Waals surface area contributed by atoms with Crippen LogP contribution in [0.4, 0.5) is 0 Å². The minimum Gasteiger partial charge on any atom is -0.480 e. The maximum atomic E-state index is 14.4. The van der Waals surface area contributed by atoms with E-state index >= 15 is 0 Å². The number of carboxylic acids is 1. The molecule has 2 aromatic rings. The minimum absolute atomic E-state index is 0.00773. The number of carbonyl (C=O) groups excluding carboxylic acids is 7. The smallest absolute Gasteiger partial charge is 0.326 e. The molecule has 0 aliphatic carbocycles. The average molecular weight is 933 g/mol. The van der Waals surface area contributed by atoms with Crippen molar-refractivity contribution in [2.24, 2.45) is 22.2 Å². The SMILES string of the molecule is CCCC[C@H](NC(=O)[C@H](C)NC(=O)[C@H](CN)NC(=O)[C@H](Cc1ccccc1)NC(=O)[C@H](Cc1ccccc1)NC(=O)[C@H](CCCN=C(N)N)NC(=O)[C@@H]1CCCN1)C(=O)N1CCC[C@@H]1C(=O)O. The Balaban J connectivity index is 1.50. The van der Waals surface area contributed by atoms with E-state index in [2.05, 4.69) is 42.2 Å². The summed E-state index contributed by atoms with van der Waals surface area (Å²) >= 11 is 0. The molecule has 67 heavy (non-hydrogen) atoms. The lowest BCUT2D eigenvalue weighted by Crippen LogP contribution is -2.61. The third-order valence-corrected chi connectivity index (χ3v) is 11.7. The second-order valence-corrected chi connectivity index (χ2v) is 16.9. The number of amides is 7. The van der Waals surface area contributed by atoms with Gasteiger partial charge in [0, 0.05) is 32.5 Å². The molecule has 0 bridgehead atoms. The lowest BCUT2D eigenvalue weighted by Gasteiger charge is -2.29. The van der Waals surface area contributed by atoms with Crippen LogP contribution in [0, 0.1) is 0 Å². The highest BCUT2D eigenvalue weighted by molar-refractivity contribution is 5.98. The summed E-state index contributed by atoms with van der Waals surface area (Å²) < 4.78 is 0. The van der Waals surface area contributed by atoms with Gasteiger partial charge in [-0.15, -0.1) is 0 Å². The second kappa shape index (κ2) is 27.1. The number of likely N-dealkylation sites (tertiary alicyclic amines) is 1. The number of rotatable bonds is 26. The Kier molecular flexibility index (Phi) is 21.5. The molecule has 4 rings (SSSR count). The number of aliphatic imine (C=N–C) groups is 1. The number of carbonyl (C=O) groups is 8. The van der Waals surface area contributed by atoms with Gasteiger partial charge in [-0.2, -0.15) is 0 Å². The van der Waals surface area contributed by atoms with E-state index in [0.29, 0.717) is 56.2 Å². The highest BCUT2D eigenvalue weighted by atomic mass is 16.4. The highest BCUT2D eigenvalue weighted by Crippen LogP contribution is 2.20. The molecule has 8 atom stereocenters. The van der Waals surface area contributed by atoms with Crippen molar-refractivity contribution in [1.82, 2.24) is 42.1 Å². The van der Waals surface area contributed by atoms with Crippen LogP contribution < -0.4 is 54.4 Å². The van der Waals surface area contributed by atoms with Crippen molar-refractivity contribution < 1.29 is 43.5 Å². The Morgan fingerprint density at radius 3 is 1.76 bits per heavy atom. The summed E-state index contributed by atoms with van der Waals surface area (Å²) in [5, 5.41) is 29.0. The van der Waals surface area contributed by atoms with Gasteiger partial charge in [0.25, 0.3) is 0 Å². The Bertz CT molecular complexity index is 2010. The van der Waals surface area contributed by atoms with Crippen LogP contribution in [0.3, 0.4) is 0 Å². The average Bonchev–Trinajstić information content (AvgIpc) is 4.05. The van der Waals surface area contributed by atoms with E-state index in [4.69, 9.17) is 17.2 Å². The molecule has 21 heteroatoms. The molecule has 14 N–H and O–H groups in total. The second-order valence-electron chi connectivity index (χ2n) is 16.9. The molecule has 2 fully saturated rings. The van der Waals surface area contributed by atoms with Crippen molar-refractivity contribution in [3.05, 3.63) is 71.8 Å². The number of nitrogens with one attached hydrogen (secondary N) is 7. The van der Waals surface area contributed by atoms with Crippen LogP contribution in [-0.4, -0.2) is 138 Å². The molecule has 0 spiro atoms. The molecule has 2 saturated heterocycles. The summed E-state index contributed by atoms with van der Waals surface area (Å²) in [5.74, 6) is -5.81. The lowest BCUT2D eigenvalue weighted by molar-refractivity contribution is -0.149. The number of benzene rings is 2. The predicted octanol–water partition coefficient (Wildman–Crippen LogP) is -1.57. The molecule has 0 aromatic heterocycles. The maximum Gasteiger partial charge on any atom is 0.326 e. The zero-order chi connectivity index (χ0) is 48.9. The molecule has 0 radical (unpaired) electrons. The Labute approximate surface area is 390 Å². The standard InChI is InChI=1S/C46H68N12O9/c1-3-4-18-33(44(65)58-24-13-21-37(58)45(66)67)54-38(59)28(2)52-43(64)36(27-47)57-42(63)35(26-30-16-9-6-10-17-30)56-41(62)34(25-29-14-7-5-8-15-29)55-40(61)32(20-12-23-51-46(48)49)53-39(60)31-19-11-22-50-31/h5-10,14-17,28,31-37,50H,3-4,11-13,18-27,47H2,1-2H3,(H,52,64)(H,53,60)(H,54,59)(H,55,61)(H,56,62)(H,57,63)(H,66,67)(H4,48,49,51)/t28-,31-,32-,33-,34-,35-,36-,37+/m0/s1. The Morgan fingerprint density at radius 1 is 0.701 bits per heavy atom. The number of unbranched alkanes of at least 4 members (excludes halogenated alkanes) is 1. The zero-order valence-electron chi connectivity index (χ0n) is 38.3. The first-order valence-corrected chi connectivity index (χ1v) is 23.0. The zero-order valence-corrected chi connectivity index (χ0v) is 38.3. The first-order valence-electron chi connectivity index (χ1n) is 23.0. The van der Waals surface area contributed by atoms with Gasteiger partial charge in [-0.25, -0.2) is 4.79 Å². The molecule has 7 amide bonds. The molecular weight excluding hydrogens is 865 g/mol. The van der Waals surface area contributed by atoms with Crippen LogP contribution in [0.2, 0.25) is 0 Å². The van der Waals surface area contributed by atoms with Gasteiger partial charge in [-0.1, -0.05) is 80.4 Å². The summed E-state index contributed by atoms with van der Waals surface area (Å²) in [4.78, 5) is 113. The number of guanidine groups is 1. The van der Waals surface area contributed by atoms with Crippen molar-refractivity contribution in [3.8, 4) is 0 Å². The van der Waals surface area contributed by atoms with Gasteiger partial charge in [0.15, 0.2) is 5.96 Å². The van der Waals surface area contributed by atoms with Crippen molar-refractivity contribution >= 4 is 53.3 Å². The molecule has 2 aliphatic heterocycles. The number of nitrogens with zero attached hydrogens (tertiary/aromatic N) is 2. The maximum absolute atomic E-state index is 14.4. The van der Waals surface area contributed by atoms with Crippen molar-refractivity contribution in [1.29, 1.82) is 0 Å². The molecule has 21 nitrogen and oxygen atoms in total. The molecule has 2 aliphatic rings. The number of hydrogen-bond acceptors (Lipinski definition) is 11. The van der Waals surface area contributed by atoms with Gasteiger partial charge in [-0.05, 0) is 69.5 Å². The van der Waals surface area contributed by atoms with Gasteiger partial charge in [-0.3, -0.25) is 38.6 Å². The van der Waals surface area contributed by atoms with E-state index in [0.717, 1.165) is 6.42 Å². The summed E-state index contributed by atoms with van der Waals surface area (Å²) in [7, 11) is 0. The van der Waals surface area contributed by atoms with Crippen LogP contribution in [0.15, 0.2) is 65.7 Å². The molecule has 0 unspecified atom stereocenters. The van der Waals surface area contributed by atoms with E-state index < -0.39 is 96.3 Å². The number of carboxylic acid groups (broad SMARTS) is 1. The van der Waals surface area contributed by atoms with Gasteiger partial charge < -0.3 is 64.4 Å². The highest BCUT2D eigenvalue weighted by Gasteiger charge is 2.38. The fourth-order valence-corrected chi connectivity index (χ4v) is 7.95. The van der Waals surface area contributed by atoms with Crippen LogP contribution >= 0.6 is 0 Å². The van der Waals surface area contributed by atoms with E-state index in [9.17, 15) is 43.5 Å². The van der Waals surface area contributed by atoms with Crippen LogP contribution in [0.25, 0.3) is 0 Å². The fourth-order valence-electron chi connectivity index (χ4n) is 7.95. The largest absolute Gasteiger partial charge is 0.480 e. The van der Waals surface area contributed by atoms with Crippen LogP contribution in [-0.2, 0) is 51.2 Å². The van der Waals surface area contributed by atoms with Crippen molar-refractivity contribution in [2.75, 3.05) is 26.2 Å². The molecule has 2 heterocycles. The predicted molar refractivity (Wildman–Crippen MR) is 249 cm³/mol. The monoisotopic (exact) mass is 933 g/mol. The summed E-state index contributed by atoms with van der Waals surface area (Å²) in [6, 6.07) is 8.99. The van der Waals surface area contributed by atoms with E-state index in [1.165, 1.54) is 11.8 Å². The molecular formula is C46H68N12O9. The fraction of sp³-hybridized carbons (Fsp3) is 0.543. The van der Waals surface area contributed by atoms with E-state index in [1.54, 1.807) is 60.7 Å². The van der Waals surface area contributed by atoms with Crippen LogP contribution in [0.5, 0.6) is 0 Å². The van der Waals surface area contributed by atoms with Gasteiger partial charge in [0.05, 0.1) is 6.04 Å². The summed E-state index contributed by atoms with van der Waals surface area (Å²) in [6.45, 7) is 4.00. The number of aliphatic carboxylic acids is 1. The third-order valence-electron chi connectivity index (χ3n) is 11.7. The van der Waals surface area contributed by atoms with Crippen molar-refractivity contribution in [3.63, 3.8) is 0 Å². The van der Waals surface area contributed by atoms with Crippen molar-refractivity contribution in [2.45, 2.75) is 133 Å². The Morgan fingerprint density at radius 2 is 1.24 bits per heavy atom.